The van der Waals surface area contributed by atoms with Crippen molar-refractivity contribution in [3.05, 3.63) is 45.4 Å². The highest BCUT2D eigenvalue weighted by Gasteiger charge is 2.11. The molecule has 0 N–H and O–H groups in total. The maximum Gasteiger partial charge on any atom is 0.171 e. The monoisotopic (exact) mass is 316 g/mol. The van der Waals surface area contributed by atoms with Crippen LogP contribution in [0.4, 0.5) is 0 Å². The van der Waals surface area contributed by atoms with Gasteiger partial charge < -0.3 is 0 Å². The number of fused-ring (bicyclic) bond motifs is 1. The van der Waals surface area contributed by atoms with Crippen LogP contribution in [0.3, 0.4) is 0 Å². The molecule has 0 aliphatic heterocycles. The molecule has 0 radical (unpaired) electrons. The van der Waals surface area contributed by atoms with Crippen molar-refractivity contribution in [2.75, 3.05) is 0 Å². The van der Waals surface area contributed by atoms with E-state index in [0.717, 1.165) is 34.4 Å². The van der Waals surface area contributed by atoms with Crippen molar-refractivity contribution < 1.29 is 0 Å². The van der Waals surface area contributed by atoms with Gasteiger partial charge in [0.1, 0.15) is 5.15 Å². The van der Waals surface area contributed by atoms with Crippen LogP contribution in [-0.2, 0) is 6.42 Å². The molecule has 0 saturated carbocycles. The van der Waals surface area contributed by atoms with Gasteiger partial charge in [-0.25, -0.2) is 9.97 Å². The Morgan fingerprint density at radius 1 is 1.14 bits per heavy atom. The lowest BCUT2D eigenvalue weighted by atomic mass is 10.1. The molecule has 108 valence electrons. The first-order valence-electron chi connectivity index (χ1n) is 7.12. The molecule has 1 aromatic carbocycles. The minimum Gasteiger partial charge on any atom is -0.227 e. The Labute approximate surface area is 133 Å². The summed E-state index contributed by atoms with van der Waals surface area (Å²) in [5, 5.41) is 1.48. The van der Waals surface area contributed by atoms with E-state index in [4.69, 9.17) is 11.6 Å². The van der Waals surface area contributed by atoms with Crippen molar-refractivity contribution in [3.8, 4) is 10.7 Å². The molecule has 4 heteroatoms. The number of hydrogen-bond acceptors (Lipinski definition) is 3. The maximum atomic E-state index is 6.38. The van der Waals surface area contributed by atoms with Gasteiger partial charge in [-0.05, 0) is 49.6 Å². The second-order valence-electron chi connectivity index (χ2n) is 5.29. The van der Waals surface area contributed by atoms with Crippen LogP contribution in [0.15, 0.2) is 24.3 Å². The lowest BCUT2D eigenvalue weighted by molar-refractivity contribution is 0.923. The Bertz CT molecular complexity index is 788. The second-order valence-corrected chi connectivity index (χ2v) is 6.90. The predicted molar refractivity (Wildman–Crippen MR) is 91.3 cm³/mol. The molecule has 0 saturated heterocycles. The smallest absolute Gasteiger partial charge is 0.171 e. The normalized spacial score (nSPS) is 11.2. The Kier molecular flexibility index (Phi) is 3.96. The lowest BCUT2D eigenvalue weighted by Gasteiger charge is -2.05. The van der Waals surface area contributed by atoms with E-state index in [9.17, 15) is 0 Å². The van der Waals surface area contributed by atoms with Crippen LogP contribution in [0, 0.1) is 13.8 Å². The van der Waals surface area contributed by atoms with Gasteiger partial charge in [-0.15, -0.1) is 11.3 Å². The quantitative estimate of drug-likeness (QED) is 0.589. The van der Waals surface area contributed by atoms with E-state index in [1.54, 1.807) is 11.3 Å². The van der Waals surface area contributed by atoms with Crippen molar-refractivity contribution in [2.45, 2.75) is 33.6 Å². The summed E-state index contributed by atoms with van der Waals surface area (Å²) in [5.74, 6) is 0.719. The summed E-state index contributed by atoms with van der Waals surface area (Å²) in [5.41, 5.74) is 3.47. The van der Waals surface area contributed by atoms with Gasteiger partial charge in [0.2, 0.25) is 0 Å². The van der Waals surface area contributed by atoms with Gasteiger partial charge in [0, 0.05) is 10.3 Å². The predicted octanol–water partition coefficient (Wildman–Crippen LogP) is 5.58. The molecule has 0 bridgehead atoms. The van der Waals surface area contributed by atoms with Crippen molar-refractivity contribution in [1.82, 2.24) is 9.97 Å². The molecule has 0 aliphatic rings. The van der Waals surface area contributed by atoms with E-state index in [0.29, 0.717) is 5.15 Å². The number of nitrogens with zero attached hydrogens (tertiary/aromatic N) is 2. The van der Waals surface area contributed by atoms with Crippen LogP contribution in [0.25, 0.3) is 21.6 Å². The molecule has 0 unspecified atom stereocenters. The maximum absolute atomic E-state index is 6.38. The largest absolute Gasteiger partial charge is 0.227 e. The van der Waals surface area contributed by atoms with E-state index in [1.165, 1.54) is 16.0 Å². The Hall–Kier alpha value is -1.45. The number of aromatic nitrogens is 2. The van der Waals surface area contributed by atoms with E-state index in [2.05, 4.69) is 48.9 Å². The van der Waals surface area contributed by atoms with Crippen molar-refractivity contribution in [1.29, 1.82) is 0 Å². The van der Waals surface area contributed by atoms with Gasteiger partial charge in [-0.2, -0.15) is 0 Å². The summed E-state index contributed by atoms with van der Waals surface area (Å²) in [6, 6.07) is 8.41. The van der Waals surface area contributed by atoms with Gasteiger partial charge in [0.15, 0.2) is 5.82 Å². The number of hydrogen-bond donors (Lipinski definition) is 0. The summed E-state index contributed by atoms with van der Waals surface area (Å²) < 4.78 is 0. The zero-order valence-corrected chi connectivity index (χ0v) is 14.0. The first kappa shape index (κ1) is 14.5. The molecule has 2 nitrogen and oxygen atoms in total. The minimum atomic E-state index is 0.539. The summed E-state index contributed by atoms with van der Waals surface area (Å²) in [7, 11) is 0. The molecule has 0 aliphatic carbocycles. The highest BCUT2D eigenvalue weighted by molar-refractivity contribution is 7.15. The van der Waals surface area contributed by atoms with Gasteiger partial charge in [-0.3, -0.25) is 0 Å². The fourth-order valence-electron chi connectivity index (χ4n) is 2.38. The van der Waals surface area contributed by atoms with Crippen molar-refractivity contribution in [2.24, 2.45) is 0 Å². The molecule has 0 fully saturated rings. The fraction of sp³-hybridized carbons (Fsp3) is 0.294. The highest BCUT2D eigenvalue weighted by atomic mass is 35.5. The summed E-state index contributed by atoms with van der Waals surface area (Å²) >= 11 is 8.10. The van der Waals surface area contributed by atoms with Crippen molar-refractivity contribution in [3.63, 3.8) is 0 Å². The topological polar surface area (TPSA) is 25.8 Å². The molecular formula is C17H17ClN2S. The molecule has 3 rings (SSSR count). The summed E-state index contributed by atoms with van der Waals surface area (Å²) in [6.07, 6.45) is 2.17. The lowest BCUT2D eigenvalue weighted by Crippen LogP contribution is -1.92. The van der Waals surface area contributed by atoms with E-state index in [-0.39, 0.29) is 0 Å². The molecular weight excluding hydrogens is 300 g/mol. The van der Waals surface area contributed by atoms with Crippen LogP contribution in [-0.4, -0.2) is 9.97 Å². The number of aryl methyl sites for hydroxylation is 3. The third kappa shape index (κ3) is 2.81. The van der Waals surface area contributed by atoms with Crippen LogP contribution >= 0.6 is 22.9 Å². The number of benzene rings is 1. The number of rotatable bonds is 3. The fourth-order valence-corrected chi connectivity index (χ4v) is 3.58. The van der Waals surface area contributed by atoms with Crippen LogP contribution in [0.5, 0.6) is 0 Å². The van der Waals surface area contributed by atoms with Crippen LogP contribution in [0.1, 0.15) is 29.3 Å². The second kappa shape index (κ2) is 5.74. The highest BCUT2D eigenvalue weighted by Crippen LogP contribution is 2.31. The van der Waals surface area contributed by atoms with Crippen molar-refractivity contribution >= 4 is 33.8 Å². The first-order chi connectivity index (χ1) is 10.1. The third-order valence-electron chi connectivity index (χ3n) is 3.64. The van der Waals surface area contributed by atoms with E-state index < -0.39 is 0 Å². The Balaban J connectivity index is 2.12. The molecule has 2 heterocycles. The molecule has 0 amide bonds. The van der Waals surface area contributed by atoms with Gasteiger partial charge in [-0.1, -0.05) is 31.0 Å². The average molecular weight is 317 g/mol. The zero-order valence-electron chi connectivity index (χ0n) is 12.4. The molecule has 21 heavy (non-hydrogen) atoms. The Morgan fingerprint density at radius 3 is 2.62 bits per heavy atom. The van der Waals surface area contributed by atoms with Crippen LogP contribution in [0.2, 0.25) is 5.15 Å². The number of halogens is 1. The molecule has 2 aromatic heterocycles. The van der Waals surface area contributed by atoms with Gasteiger partial charge in [0.25, 0.3) is 0 Å². The van der Waals surface area contributed by atoms with E-state index >= 15 is 0 Å². The Morgan fingerprint density at radius 2 is 1.95 bits per heavy atom. The van der Waals surface area contributed by atoms with E-state index in [1.807, 2.05) is 6.07 Å². The zero-order chi connectivity index (χ0) is 15.0. The molecule has 0 atom stereocenters. The third-order valence-corrected chi connectivity index (χ3v) is 5.08. The minimum absolute atomic E-state index is 0.539. The molecule has 0 spiro atoms. The van der Waals surface area contributed by atoms with Gasteiger partial charge >= 0.3 is 0 Å². The van der Waals surface area contributed by atoms with Crippen LogP contribution < -0.4 is 0 Å². The summed E-state index contributed by atoms with van der Waals surface area (Å²) in [4.78, 5) is 11.5. The molecule has 3 aromatic rings. The summed E-state index contributed by atoms with van der Waals surface area (Å²) in [6.45, 7) is 6.39. The standard InChI is InChI=1S/C17H17ClN2S/c1-4-5-12-6-7-14-13(9-12)16(18)20-17(19-14)15-8-10(2)11(3)21-15/h6-9H,4-5H2,1-3H3. The SMILES string of the molecule is CCCc1ccc2nc(-c3cc(C)c(C)s3)nc(Cl)c2c1. The average Bonchev–Trinajstić information content (AvgIpc) is 2.79. The van der Waals surface area contributed by atoms with Gasteiger partial charge in [0.05, 0.1) is 10.4 Å². The number of thiophene rings is 1. The first-order valence-corrected chi connectivity index (χ1v) is 8.31.